The Kier molecular flexibility index (Phi) is 4.21. The summed E-state index contributed by atoms with van der Waals surface area (Å²) in [6, 6.07) is 11.2. The normalized spacial score (nSPS) is 10.9. The highest BCUT2D eigenvalue weighted by Gasteiger charge is 2.11. The lowest BCUT2D eigenvalue weighted by Gasteiger charge is -2.07. The highest BCUT2D eigenvalue weighted by atomic mass is 35.5. The number of aliphatic carboxylic acids is 1. The number of methoxy groups -OCH3 is 1. The number of halogens is 1. The van der Waals surface area contributed by atoms with Crippen molar-refractivity contribution in [2.75, 3.05) is 7.11 Å². The standard InChI is InChI=1S/C17H15ClN2O3/c1-23-13-4-2-11(3-5-13)10-20-16-7-12(8-17(21)22)6-15(18)14(16)9-19-20/h2-7,9H,8,10H2,1H3,(H,21,22). The predicted molar refractivity (Wildman–Crippen MR) is 88.2 cm³/mol. The van der Waals surface area contributed by atoms with Crippen molar-refractivity contribution in [1.29, 1.82) is 0 Å². The fourth-order valence-corrected chi connectivity index (χ4v) is 2.78. The number of carbonyl (C=O) groups is 1. The fourth-order valence-electron chi connectivity index (χ4n) is 2.50. The Hall–Kier alpha value is -2.53. The SMILES string of the molecule is COc1ccc(Cn2ncc3c(Cl)cc(CC(=O)O)cc32)cc1. The van der Waals surface area contributed by atoms with Gasteiger partial charge in [0.25, 0.3) is 0 Å². The van der Waals surface area contributed by atoms with Crippen molar-refractivity contribution in [3.8, 4) is 5.75 Å². The summed E-state index contributed by atoms with van der Waals surface area (Å²) in [6.07, 6.45) is 1.63. The van der Waals surface area contributed by atoms with Crippen molar-refractivity contribution in [2.24, 2.45) is 0 Å². The van der Waals surface area contributed by atoms with E-state index in [4.69, 9.17) is 21.4 Å². The van der Waals surface area contributed by atoms with E-state index in [1.165, 1.54) is 0 Å². The third-order valence-corrected chi connectivity index (χ3v) is 3.93. The van der Waals surface area contributed by atoms with E-state index in [0.29, 0.717) is 17.1 Å². The Morgan fingerprint density at radius 2 is 2.00 bits per heavy atom. The van der Waals surface area contributed by atoms with Crippen LogP contribution in [0.25, 0.3) is 10.9 Å². The number of hydrogen-bond donors (Lipinski definition) is 1. The van der Waals surface area contributed by atoms with Crippen LogP contribution in [0.5, 0.6) is 5.75 Å². The molecular formula is C17H15ClN2O3. The number of carboxylic acids is 1. The molecule has 2 aromatic carbocycles. The molecule has 1 N–H and O–H groups in total. The monoisotopic (exact) mass is 330 g/mol. The summed E-state index contributed by atoms with van der Waals surface area (Å²) in [7, 11) is 1.63. The van der Waals surface area contributed by atoms with Gasteiger partial charge < -0.3 is 9.84 Å². The van der Waals surface area contributed by atoms with Crippen molar-refractivity contribution in [3.05, 3.63) is 58.7 Å². The summed E-state index contributed by atoms with van der Waals surface area (Å²) < 4.78 is 6.96. The molecule has 0 bridgehead atoms. The van der Waals surface area contributed by atoms with Gasteiger partial charge >= 0.3 is 5.97 Å². The quantitative estimate of drug-likeness (QED) is 0.779. The molecule has 1 heterocycles. The first-order valence-electron chi connectivity index (χ1n) is 7.05. The van der Waals surface area contributed by atoms with Gasteiger partial charge in [0.2, 0.25) is 0 Å². The van der Waals surface area contributed by atoms with Crippen LogP contribution in [0.1, 0.15) is 11.1 Å². The molecule has 0 aliphatic carbocycles. The van der Waals surface area contributed by atoms with Crippen LogP contribution >= 0.6 is 11.6 Å². The molecule has 0 saturated carbocycles. The molecule has 6 heteroatoms. The van der Waals surface area contributed by atoms with Crippen LogP contribution in [0, 0.1) is 0 Å². The molecule has 23 heavy (non-hydrogen) atoms. The van der Waals surface area contributed by atoms with Crippen LogP contribution in [0.15, 0.2) is 42.6 Å². The minimum atomic E-state index is -0.887. The van der Waals surface area contributed by atoms with Gasteiger partial charge in [-0.1, -0.05) is 23.7 Å². The first kappa shape index (κ1) is 15.4. The number of nitrogens with zero attached hydrogens (tertiary/aromatic N) is 2. The van der Waals surface area contributed by atoms with Crippen LogP contribution in [-0.2, 0) is 17.8 Å². The second kappa shape index (κ2) is 6.30. The molecule has 118 valence electrons. The van der Waals surface area contributed by atoms with E-state index in [2.05, 4.69) is 5.10 Å². The Morgan fingerprint density at radius 3 is 2.65 bits per heavy atom. The molecule has 0 atom stereocenters. The molecule has 3 aromatic rings. The number of rotatable bonds is 5. The summed E-state index contributed by atoms with van der Waals surface area (Å²) in [6.45, 7) is 0.570. The zero-order valence-electron chi connectivity index (χ0n) is 12.5. The zero-order chi connectivity index (χ0) is 16.4. The van der Waals surface area contributed by atoms with Crippen molar-refractivity contribution >= 4 is 28.5 Å². The topological polar surface area (TPSA) is 64.4 Å². The molecule has 0 saturated heterocycles. The lowest BCUT2D eigenvalue weighted by Crippen LogP contribution is -2.03. The van der Waals surface area contributed by atoms with Gasteiger partial charge in [0.15, 0.2) is 0 Å². The highest BCUT2D eigenvalue weighted by molar-refractivity contribution is 6.35. The molecule has 3 rings (SSSR count). The van der Waals surface area contributed by atoms with E-state index in [0.717, 1.165) is 22.2 Å². The van der Waals surface area contributed by atoms with Gasteiger partial charge in [0.05, 0.1) is 36.8 Å². The minimum Gasteiger partial charge on any atom is -0.497 e. The highest BCUT2D eigenvalue weighted by Crippen LogP contribution is 2.26. The largest absolute Gasteiger partial charge is 0.497 e. The molecule has 5 nitrogen and oxygen atoms in total. The van der Waals surface area contributed by atoms with E-state index in [1.54, 1.807) is 19.4 Å². The molecule has 0 amide bonds. The number of aromatic nitrogens is 2. The van der Waals surface area contributed by atoms with Gasteiger partial charge in [-0.05, 0) is 35.4 Å². The Balaban J connectivity index is 1.96. The van der Waals surface area contributed by atoms with Crippen LogP contribution in [0.2, 0.25) is 5.02 Å². The molecule has 1 aromatic heterocycles. The van der Waals surface area contributed by atoms with Crippen LogP contribution in [0.3, 0.4) is 0 Å². The predicted octanol–water partition coefficient (Wildman–Crippen LogP) is 3.37. The van der Waals surface area contributed by atoms with Crippen molar-refractivity contribution in [2.45, 2.75) is 13.0 Å². The van der Waals surface area contributed by atoms with Gasteiger partial charge in [0, 0.05) is 5.39 Å². The molecule has 0 spiro atoms. The lowest BCUT2D eigenvalue weighted by molar-refractivity contribution is -0.136. The second-order valence-electron chi connectivity index (χ2n) is 5.23. The summed E-state index contributed by atoms with van der Waals surface area (Å²) in [5.41, 5.74) is 2.55. The van der Waals surface area contributed by atoms with Crippen LogP contribution in [0.4, 0.5) is 0 Å². The number of hydrogen-bond acceptors (Lipinski definition) is 3. The third-order valence-electron chi connectivity index (χ3n) is 3.62. The molecule has 0 fully saturated rings. The summed E-state index contributed by atoms with van der Waals surface area (Å²) in [5.74, 6) is -0.0903. The Bertz CT molecular complexity index is 856. The molecule has 0 radical (unpaired) electrons. The maximum atomic E-state index is 10.9. The molecule has 0 unspecified atom stereocenters. The van der Waals surface area contributed by atoms with E-state index in [1.807, 2.05) is 35.0 Å². The average Bonchev–Trinajstić information content (AvgIpc) is 2.91. The minimum absolute atomic E-state index is 0.0661. The lowest BCUT2D eigenvalue weighted by atomic mass is 10.1. The van der Waals surface area contributed by atoms with Crippen molar-refractivity contribution in [3.63, 3.8) is 0 Å². The zero-order valence-corrected chi connectivity index (χ0v) is 13.2. The van der Waals surface area contributed by atoms with Crippen molar-refractivity contribution in [1.82, 2.24) is 9.78 Å². The van der Waals surface area contributed by atoms with E-state index in [-0.39, 0.29) is 6.42 Å². The maximum absolute atomic E-state index is 10.9. The molecule has 0 aliphatic heterocycles. The number of fused-ring (bicyclic) bond motifs is 1. The van der Waals surface area contributed by atoms with Crippen LogP contribution < -0.4 is 4.74 Å². The number of ether oxygens (including phenoxy) is 1. The number of carboxylic acid groups (broad SMARTS) is 1. The van der Waals surface area contributed by atoms with Crippen LogP contribution in [-0.4, -0.2) is 28.0 Å². The van der Waals surface area contributed by atoms with Gasteiger partial charge in [-0.2, -0.15) is 5.10 Å². The summed E-state index contributed by atoms with van der Waals surface area (Å²) >= 11 is 6.24. The maximum Gasteiger partial charge on any atom is 0.307 e. The molecular weight excluding hydrogens is 316 g/mol. The summed E-state index contributed by atoms with van der Waals surface area (Å²) in [4.78, 5) is 10.9. The molecule has 0 aliphatic rings. The van der Waals surface area contributed by atoms with Gasteiger partial charge in [0.1, 0.15) is 5.75 Å². The smallest absolute Gasteiger partial charge is 0.307 e. The van der Waals surface area contributed by atoms with E-state index < -0.39 is 5.97 Å². The van der Waals surface area contributed by atoms with E-state index >= 15 is 0 Å². The Labute approximate surface area is 138 Å². The van der Waals surface area contributed by atoms with Gasteiger partial charge in [-0.15, -0.1) is 0 Å². The first-order chi connectivity index (χ1) is 11.1. The second-order valence-corrected chi connectivity index (χ2v) is 5.64. The van der Waals surface area contributed by atoms with Gasteiger partial charge in [-0.3, -0.25) is 9.48 Å². The number of benzene rings is 2. The average molecular weight is 331 g/mol. The Morgan fingerprint density at radius 1 is 1.26 bits per heavy atom. The van der Waals surface area contributed by atoms with E-state index in [9.17, 15) is 4.79 Å². The van der Waals surface area contributed by atoms with Gasteiger partial charge in [-0.25, -0.2) is 0 Å². The third kappa shape index (κ3) is 3.29. The fraction of sp³-hybridized carbons (Fsp3) is 0.176. The first-order valence-corrected chi connectivity index (χ1v) is 7.43. The van der Waals surface area contributed by atoms with Crippen molar-refractivity contribution < 1.29 is 14.6 Å². The summed E-state index contributed by atoms with van der Waals surface area (Å²) in [5, 5.41) is 14.7.